The topological polar surface area (TPSA) is 51.0 Å². The van der Waals surface area contributed by atoms with Gasteiger partial charge in [0.05, 0.1) is 0 Å². The minimum Gasteiger partial charge on any atom is -0.339 e. The van der Waals surface area contributed by atoms with Crippen molar-refractivity contribution >= 4 is 0 Å². The minimum absolute atomic E-state index is 0.435. The Balaban J connectivity index is 1.90. The third-order valence-corrected chi connectivity index (χ3v) is 3.54. The highest BCUT2D eigenvalue weighted by atomic mass is 16.5. The Hall–Kier alpha value is -0.900. The molecule has 0 bridgehead atoms. The van der Waals surface area contributed by atoms with Crippen molar-refractivity contribution in [1.29, 1.82) is 0 Å². The molecule has 0 amide bonds. The normalized spacial score (nSPS) is 18.4. The van der Waals surface area contributed by atoms with Gasteiger partial charge in [-0.05, 0) is 32.2 Å². The second-order valence-electron chi connectivity index (χ2n) is 5.49. The molecule has 0 aliphatic heterocycles. The molecule has 1 aliphatic rings. The lowest BCUT2D eigenvalue weighted by atomic mass is 9.85. The predicted molar refractivity (Wildman–Crippen MR) is 66.9 cm³/mol. The molecule has 0 saturated heterocycles. The highest BCUT2D eigenvalue weighted by molar-refractivity contribution is 5.00. The molecule has 1 N–H and O–H groups in total. The molecule has 1 aromatic heterocycles. The Morgan fingerprint density at radius 2 is 2.18 bits per heavy atom. The average molecular weight is 237 g/mol. The van der Waals surface area contributed by atoms with Gasteiger partial charge in [-0.15, -0.1) is 0 Å². The largest absolute Gasteiger partial charge is 0.339 e. The highest BCUT2D eigenvalue weighted by Gasteiger charge is 2.25. The van der Waals surface area contributed by atoms with Gasteiger partial charge in [-0.1, -0.05) is 25.4 Å². The van der Waals surface area contributed by atoms with Crippen LogP contribution < -0.4 is 5.32 Å². The molecule has 0 radical (unpaired) electrons. The zero-order valence-electron chi connectivity index (χ0n) is 11.1. The van der Waals surface area contributed by atoms with Crippen molar-refractivity contribution < 1.29 is 4.52 Å². The van der Waals surface area contributed by atoms with E-state index in [0.29, 0.717) is 17.9 Å². The van der Waals surface area contributed by atoms with Crippen LogP contribution in [0.5, 0.6) is 0 Å². The molecular formula is C13H23N3O. The Morgan fingerprint density at radius 3 is 2.71 bits per heavy atom. The summed E-state index contributed by atoms with van der Waals surface area (Å²) in [5.41, 5.74) is 0. The van der Waals surface area contributed by atoms with Crippen molar-refractivity contribution in [2.24, 2.45) is 5.92 Å². The Kier molecular flexibility index (Phi) is 4.15. The summed E-state index contributed by atoms with van der Waals surface area (Å²) in [5, 5.41) is 7.41. The first-order valence-electron chi connectivity index (χ1n) is 6.68. The summed E-state index contributed by atoms with van der Waals surface area (Å²) in [7, 11) is 2.00. The molecule has 2 rings (SSSR count). The molecule has 0 spiro atoms. The molecule has 17 heavy (non-hydrogen) atoms. The molecule has 1 atom stereocenters. The fourth-order valence-corrected chi connectivity index (χ4v) is 2.27. The van der Waals surface area contributed by atoms with Crippen LogP contribution in [0, 0.1) is 5.92 Å². The van der Waals surface area contributed by atoms with E-state index in [-0.39, 0.29) is 0 Å². The van der Waals surface area contributed by atoms with E-state index in [1.165, 1.54) is 19.3 Å². The first-order chi connectivity index (χ1) is 8.19. The molecule has 0 aromatic carbocycles. The summed E-state index contributed by atoms with van der Waals surface area (Å²) in [6, 6.07) is 0.435. The van der Waals surface area contributed by atoms with Gasteiger partial charge in [0.1, 0.15) is 0 Å². The van der Waals surface area contributed by atoms with Crippen LogP contribution in [-0.2, 0) is 6.42 Å². The van der Waals surface area contributed by atoms with Gasteiger partial charge in [-0.25, -0.2) is 0 Å². The first-order valence-corrected chi connectivity index (χ1v) is 6.68. The van der Waals surface area contributed by atoms with Gasteiger partial charge in [-0.3, -0.25) is 0 Å². The molecule has 4 nitrogen and oxygen atoms in total. The molecule has 1 heterocycles. The van der Waals surface area contributed by atoms with E-state index >= 15 is 0 Å². The van der Waals surface area contributed by atoms with Gasteiger partial charge in [0.25, 0.3) is 0 Å². The lowest BCUT2D eigenvalue weighted by molar-refractivity contribution is 0.330. The second-order valence-corrected chi connectivity index (χ2v) is 5.49. The van der Waals surface area contributed by atoms with Crippen molar-refractivity contribution in [1.82, 2.24) is 15.5 Å². The number of aromatic nitrogens is 2. The molecule has 1 aromatic rings. The number of nitrogens with zero attached hydrogens (tertiary/aromatic N) is 2. The van der Waals surface area contributed by atoms with Crippen molar-refractivity contribution in [3.8, 4) is 0 Å². The van der Waals surface area contributed by atoms with Crippen LogP contribution >= 0.6 is 0 Å². The van der Waals surface area contributed by atoms with Gasteiger partial charge in [0, 0.05) is 18.4 Å². The van der Waals surface area contributed by atoms with Crippen molar-refractivity contribution in [2.45, 2.75) is 57.9 Å². The third-order valence-electron chi connectivity index (χ3n) is 3.54. The van der Waals surface area contributed by atoms with E-state index in [2.05, 4.69) is 29.3 Å². The van der Waals surface area contributed by atoms with Crippen LogP contribution in [0.4, 0.5) is 0 Å². The fraction of sp³-hybridized carbons (Fsp3) is 0.846. The van der Waals surface area contributed by atoms with Crippen molar-refractivity contribution in [3.63, 3.8) is 0 Å². The Labute approximate surface area is 103 Å². The third kappa shape index (κ3) is 3.28. The van der Waals surface area contributed by atoms with Crippen LogP contribution in [0.2, 0.25) is 0 Å². The first kappa shape index (κ1) is 12.6. The quantitative estimate of drug-likeness (QED) is 0.826. The average Bonchev–Trinajstić information content (AvgIpc) is 2.62. The monoisotopic (exact) mass is 237 g/mol. The fourth-order valence-electron chi connectivity index (χ4n) is 2.27. The van der Waals surface area contributed by atoms with E-state index in [1.54, 1.807) is 0 Å². The van der Waals surface area contributed by atoms with Gasteiger partial charge in [0.2, 0.25) is 5.89 Å². The van der Waals surface area contributed by atoms with E-state index in [0.717, 1.165) is 24.6 Å². The maximum Gasteiger partial charge on any atom is 0.228 e. The summed E-state index contributed by atoms with van der Waals surface area (Å²) < 4.78 is 5.33. The summed E-state index contributed by atoms with van der Waals surface area (Å²) in [4.78, 5) is 4.51. The molecule has 1 fully saturated rings. The predicted octanol–water partition coefficient (Wildman–Crippen LogP) is 2.51. The summed E-state index contributed by atoms with van der Waals surface area (Å²) in [6.45, 7) is 4.47. The molecular weight excluding hydrogens is 214 g/mol. The SMILES string of the molecule is CNC(Cc1nc(C2CCC2)no1)CC(C)C. The smallest absolute Gasteiger partial charge is 0.228 e. The van der Waals surface area contributed by atoms with E-state index in [4.69, 9.17) is 4.52 Å². The highest BCUT2D eigenvalue weighted by Crippen LogP contribution is 2.34. The summed E-state index contributed by atoms with van der Waals surface area (Å²) in [5.74, 6) is 2.95. The lowest BCUT2D eigenvalue weighted by Crippen LogP contribution is -2.29. The van der Waals surface area contributed by atoms with E-state index in [1.807, 2.05) is 7.05 Å². The van der Waals surface area contributed by atoms with Crippen molar-refractivity contribution in [2.75, 3.05) is 7.05 Å². The lowest BCUT2D eigenvalue weighted by Gasteiger charge is -2.21. The van der Waals surface area contributed by atoms with Crippen LogP contribution in [0.1, 0.15) is 57.2 Å². The van der Waals surface area contributed by atoms with Gasteiger partial charge in [-0.2, -0.15) is 4.98 Å². The summed E-state index contributed by atoms with van der Waals surface area (Å²) >= 11 is 0. The van der Waals surface area contributed by atoms with E-state index < -0.39 is 0 Å². The molecule has 1 aliphatic carbocycles. The number of hydrogen-bond acceptors (Lipinski definition) is 4. The Bertz CT molecular complexity index is 344. The second kappa shape index (κ2) is 5.63. The number of hydrogen-bond donors (Lipinski definition) is 1. The molecule has 96 valence electrons. The molecule has 1 unspecified atom stereocenters. The van der Waals surface area contributed by atoms with Crippen LogP contribution in [0.15, 0.2) is 4.52 Å². The summed E-state index contributed by atoms with van der Waals surface area (Å²) in [6.07, 6.45) is 5.73. The standard InChI is InChI=1S/C13H23N3O/c1-9(2)7-11(14-3)8-12-15-13(16-17-12)10-5-4-6-10/h9-11,14H,4-8H2,1-3H3. The zero-order chi connectivity index (χ0) is 12.3. The number of rotatable bonds is 6. The van der Waals surface area contributed by atoms with Crippen LogP contribution in [0.25, 0.3) is 0 Å². The molecule has 4 heteroatoms. The van der Waals surface area contributed by atoms with Crippen molar-refractivity contribution in [3.05, 3.63) is 11.7 Å². The van der Waals surface area contributed by atoms with Crippen LogP contribution in [-0.4, -0.2) is 23.2 Å². The maximum atomic E-state index is 5.33. The number of likely N-dealkylation sites (N-methyl/N-ethyl adjacent to an activating group) is 1. The van der Waals surface area contributed by atoms with Crippen LogP contribution in [0.3, 0.4) is 0 Å². The minimum atomic E-state index is 0.435. The van der Waals surface area contributed by atoms with Gasteiger partial charge >= 0.3 is 0 Å². The van der Waals surface area contributed by atoms with Gasteiger partial charge in [0.15, 0.2) is 5.82 Å². The molecule has 1 saturated carbocycles. The zero-order valence-corrected chi connectivity index (χ0v) is 11.1. The van der Waals surface area contributed by atoms with Gasteiger partial charge < -0.3 is 9.84 Å². The number of nitrogens with one attached hydrogen (secondary N) is 1. The Morgan fingerprint density at radius 1 is 1.41 bits per heavy atom. The maximum absolute atomic E-state index is 5.33. The van der Waals surface area contributed by atoms with E-state index in [9.17, 15) is 0 Å².